The van der Waals surface area contributed by atoms with Crippen LogP contribution in [0, 0.1) is 11.8 Å². The van der Waals surface area contributed by atoms with Crippen molar-refractivity contribution in [1.82, 2.24) is 10.6 Å². The molecule has 0 bridgehead atoms. The monoisotopic (exact) mass is 212 g/mol. The number of nitrogens with one attached hydrogen (secondary N) is 2. The second-order valence-electron chi connectivity index (χ2n) is 4.69. The number of hydrogen-bond donors (Lipinski definition) is 2. The molecule has 1 saturated carbocycles. The van der Waals surface area contributed by atoms with Gasteiger partial charge >= 0.3 is 0 Å². The zero-order chi connectivity index (χ0) is 11.1. The van der Waals surface area contributed by atoms with Gasteiger partial charge in [0.15, 0.2) is 0 Å². The van der Waals surface area contributed by atoms with Gasteiger partial charge in [0.1, 0.15) is 0 Å². The maximum atomic E-state index is 11.2. The van der Waals surface area contributed by atoms with Crippen molar-refractivity contribution in [3.05, 3.63) is 0 Å². The fourth-order valence-corrected chi connectivity index (χ4v) is 2.44. The van der Waals surface area contributed by atoms with Gasteiger partial charge in [0.05, 0.1) is 6.54 Å². The summed E-state index contributed by atoms with van der Waals surface area (Å²) in [6.45, 7) is 3.62. The smallest absolute Gasteiger partial charge is 0.233 e. The molecule has 3 heteroatoms. The van der Waals surface area contributed by atoms with E-state index in [4.69, 9.17) is 0 Å². The molecule has 88 valence electrons. The predicted molar refractivity (Wildman–Crippen MR) is 62.7 cm³/mol. The molecular weight excluding hydrogens is 188 g/mol. The van der Waals surface area contributed by atoms with Gasteiger partial charge in [-0.25, -0.2) is 0 Å². The van der Waals surface area contributed by atoms with Crippen LogP contribution in [0.3, 0.4) is 0 Å². The van der Waals surface area contributed by atoms with Gasteiger partial charge in [-0.2, -0.15) is 0 Å². The highest BCUT2D eigenvalue weighted by atomic mass is 16.1. The molecule has 1 fully saturated rings. The summed E-state index contributed by atoms with van der Waals surface area (Å²) in [5.74, 6) is 1.79. The lowest BCUT2D eigenvalue weighted by atomic mass is 9.79. The summed E-state index contributed by atoms with van der Waals surface area (Å²) in [5.41, 5.74) is 0. The van der Waals surface area contributed by atoms with Crippen molar-refractivity contribution < 1.29 is 4.79 Å². The Kier molecular flexibility index (Phi) is 5.69. The van der Waals surface area contributed by atoms with Gasteiger partial charge in [-0.15, -0.1) is 0 Å². The Morgan fingerprint density at radius 1 is 1.33 bits per heavy atom. The third-order valence-corrected chi connectivity index (χ3v) is 3.46. The van der Waals surface area contributed by atoms with Crippen LogP contribution in [-0.4, -0.2) is 26.0 Å². The van der Waals surface area contributed by atoms with Gasteiger partial charge in [-0.1, -0.05) is 32.6 Å². The summed E-state index contributed by atoms with van der Waals surface area (Å²) >= 11 is 0. The third kappa shape index (κ3) is 4.65. The molecule has 3 nitrogen and oxygen atoms in total. The summed E-state index contributed by atoms with van der Waals surface area (Å²) in [6.07, 6.45) is 6.64. The van der Waals surface area contributed by atoms with E-state index >= 15 is 0 Å². The van der Waals surface area contributed by atoms with Crippen LogP contribution in [0.1, 0.15) is 39.0 Å². The molecule has 2 unspecified atom stereocenters. The Labute approximate surface area is 93.0 Å². The molecule has 2 atom stereocenters. The predicted octanol–water partition coefficient (Wildman–Crippen LogP) is 1.54. The Morgan fingerprint density at radius 3 is 2.73 bits per heavy atom. The zero-order valence-electron chi connectivity index (χ0n) is 10.0. The summed E-state index contributed by atoms with van der Waals surface area (Å²) in [4.78, 5) is 11.2. The lowest BCUT2D eigenvalue weighted by Gasteiger charge is -2.28. The Hall–Kier alpha value is -0.570. The molecule has 0 aliphatic heterocycles. The third-order valence-electron chi connectivity index (χ3n) is 3.46. The van der Waals surface area contributed by atoms with Gasteiger partial charge in [0.25, 0.3) is 0 Å². The average molecular weight is 212 g/mol. The molecule has 0 saturated heterocycles. The van der Waals surface area contributed by atoms with Crippen LogP contribution in [0.4, 0.5) is 0 Å². The number of carbonyl (C=O) groups is 1. The molecule has 0 aromatic rings. The molecule has 1 aliphatic carbocycles. The lowest BCUT2D eigenvalue weighted by molar-refractivity contribution is -0.120. The van der Waals surface area contributed by atoms with E-state index < -0.39 is 0 Å². The van der Waals surface area contributed by atoms with E-state index in [9.17, 15) is 4.79 Å². The van der Waals surface area contributed by atoms with Gasteiger partial charge in [0.2, 0.25) is 5.91 Å². The van der Waals surface area contributed by atoms with E-state index in [-0.39, 0.29) is 5.91 Å². The van der Waals surface area contributed by atoms with E-state index in [1.165, 1.54) is 25.7 Å². The van der Waals surface area contributed by atoms with Crippen LogP contribution < -0.4 is 10.6 Å². The van der Waals surface area contributed by atoms with E-state index in [1.807, 2.05) is 0 Å². The van der Waals surface area contributed by atoms with E-state index in [0.717, 1.165) is 24.8 Å². The summed E-state index contributed by atoms with van der Waals surface area (Å²) in [6, 6.07) is 0. The molecular formula is C12H24N2O. The van der Waals surface area contributed by atoms with Crippen molar-refractivity contribution in [2.45, 2.75) is 39.0 Å². The van der Waals surface area contributed by atoms with Crippen LogP contribution in [0.15, 0.2) is 0 Å². The van der Waals surface area contributed by atoms with Gasteiger partial charge in [0, 0.05) is 6.54 Å². The largest absolute Gasteiger partial charge is 0.355 e. The minimum Gasteiger partial charge on any atom is -0.355 e. The number of carbonyl (C=O) groups excluding carboxylic acids is 1. The molecule has 2 N–H and O–H groups in total. The van der Waals surface area contributed by atoms with E-state index in [1.54, 1.807) is 7.05 Å². The highest BCUT2D eigenvalue weighted by Gasteiger charge is 2.20. The SMILES string of the molecule is CNCC(=O)NCCC1CCCCC1C. The first-order chi connectivity index (χ1) is 7.24. The van der Waals surface area contributed by atoms with Crippen molar-refractivity contribution in [1.29, 1.82) is 0 Å². The highest BCUT2D eigenvalue weighted by molar-refractivity contribution is 5.77. The Balaban J connectivity index is 2.10. The summed E-state index contributed by atoms with van der Waals surface area (Å²) in [5, 5.41) is 5.80. The van der Waals surface area contributed by atoms with E-state index in [0.29, 0.717) is 6.54 Å². The Bertz CT molecular complexity index is 194. The van der Waals surface area contributed by atoms with Crippen molar-refractivity contribution in [2.75, 3.05) is 20.1 Å². The summed E-state index contributed by atoms with van der Waals surface area (Å²) < 4.78 is 0. The van der Waals surface area contributed by atoms with Crippen molar-refractivity contribution in [3.63, 3.8) is 0 Å². The van der Waals surface area contributed by atoms with Crippen LogP contribution >= 0.6 is 0 Å². The molecule has 0 aromatic heterocycles. The second kappa shape index (κ2) is 6.83. The number of hydrogen-bond acceptors (Lipinski definition) is 2. The van der Waals surface area contributed by atoms with Crippen LogP contribution in [0.25, 0.3) is 0 Å². The number of rotatable bonds is 5. The minimum atomic E-state index is 0.112. The molecule has 0 spiro atoms. The van der Waals surface area contributed by atoms with Gasteiger partial charge in [-0.05, 0) is 25.3 Å². The molecule has 1 amide bonds. The average Bonchev–Trinajstić information content (AvgIpc) is 2.21. The van der Waals surface area contributed by atoms with Gasteiger partial charge in [-0.3, -0.25) is 4.79 Å². The number of amides is 1. The van der Waals surface area contributed by atoms with Crippen LogP contribution in [0.5, 0.6) is 0 Å². The molecule has 0 aromatic carbocycles. The topological polar surface area (TPSA) is 41.1 Å². The van der Waals surface area contributed by atoms with E-state index in [2.05, 4.69) is 17.6 Å². The van der Waals surface area contributed by atoms with Crippen LogP contribution in [0.2, 0.25) is 0 Å². The zero-order valence-corrected chi connectivity index (χ0v) is 10.0. The minimum absolute atomic E-state index is 0.112. The number of likely N-dealkylation sites (N-methyl/N-ethyl adjacent to an activating group) is 1. The second-order valence-corrected chi connectivity index (χ2v) is 4.69. The molecule has 15 heavy (non-hydrogen) atoms. The van der Waals surface area contributed by atoms with Crippen molar-refractivity contribution >= 4 is 5.91 Å². The first-order valence-corrected chi connectivity index (χ1v) is 6.15. The quantitative estimate of drug-likeness (QED) is 0.726. The van der Waals surface area contributed by atoms with Crippen molar-refractivity contribution in [3.8, 4) is 0 Å². The molecule has 0 radical (unpaired) electrons. The van der Waals surface area contributed by atoms with Crippen LogP contribution in [-0.2, 0) is 4.79 Å². The normalized spacial score (nSPS) is 26.3. The lowest BCUT2D eigenvalue weighted by Crippen LogP contribution is -2.34. The maximum absolute atomic E-state index is 11.2. The Morgan fingerprint density at radius 2 is 2.07 bits per heavy atom. The standard InChI is InChI=1S/C12H24N2O/c1-10-5-3-4-6-11(10)7-8-14-12(15)9-13-2/h10-11,13H,3-9H2,1-2H3,(H,14,15). The fourth-order valence-electron chi connectivity index (χ4n) is 2.44. The van der Waals surface area contributed by atoms with Crippen molar-refractivity contribution in [2.24, 2.45) is 11.8 Å². The van der Waals surface area contributed by atoms with Gasteiger partial charge < -0.3 is 10.6 Å². The highest BCUT2D eigenvalue weighted by Crippen LogP contribution is 2.31. The fraction of sp³-hybridized carbons (Fsp3) is 0.917. The molecule has 0 heterocycles. The summed E-state index contributed by atoms with van der Waals surface area (Å²) in [7, 11) is 1.79. The maximum Gasteiger partial charge on any atom is 0.233 e. The first kappa shape index (κ1) is 12.5. The first-order valence-electron chi connectivity index (χ1n) is 6.15. The molecule has 1 rings (SSSR count). The molecule has 1 aliphatic rings.